The molecule has 0 radical (unpaired) electrons. The van der Waals surface area contributed by atoms with Gasteiger partial charge in [0.2, 0.25) is 0 Å². The molecule has 0 saturated carbocycles. The fourth-order valence-electron chi connectivity index (χ4n) is 1.83. The Morgan fingerprint density at radius 2 is 2.31 bits per heavy atom. The third-order valence-electron chi connectivity index (χ3n) is 2.72. The summed E-state index contributed by atoms with van der Waals surface area (Å²) >= 11 is 0. The molecule has 0 spiro atoms. The van der Waals surface area contributed by atoms with Crippen LogP contribution in [0.3, 0.4) is 0 Å². The lowest BCUT2D eigenvalue weighted by molar-refractivity contribution is 0.101. The summed E-state index contributed by atoms with van der Waals surface area (Å²) in [6.07, 6.45) is 6.07. The zero-order valence-corrected chi connectivity index (χ0v) is 10.4. The zero-order valence-electron chi connectivity index (χ0n) is 10.4. The van der Waals surface area contributed by atoms with Gasteiger partial charge in [-0.25, -0.2) is 0 Å². The largest absolute Gasteiger partial charge is 0.382 e. The van der Waals surface area contributed by atoms with Crippen molar-refractivity contribution in [2.24, 2.45) is 0 Å². The Morgan fingerprint density at radius 1 is 1.50 bits per heavy atom. The van der Waals surface area contributed by atoms with Crippen molar-refractivity contribution < 1.29 is 4.74 Å². The van der Waals surface area contributed by atoms with Gasteiger partial charge in [0.25, 0.3) is 0 Å². The molecular weight excluding hydrogens is 200 g/mol. The van der Waals surface area contributed by atoms with Crippen LogP contribution in [0.2, 0.25) is 0 Å². The minimum atomic E-state index is 0.292. The summed E-state index contributed by atoms with van der Waals surface area (Å²) in [5.74, 6) is 0. The van der Waals surface area contributed by atoms with Gasteiger partial charge in [-0.2, -0.15) is 0 Å². The van der Waals surface area contributed by atoms with Crippen molar-refractivity contribution in [2.45, 2.75) is 38.8 Å². The molecule has 2 unspecified atom stereocenters. The molecule has 2 atom stereocenters. The van der Waals surface area contributed by atoms with Crippen LogP contribution in [-0.4, -0.2) is 30.8 Å². The van der Waals surface area contributed by atoms with Gasteiger partial charge < -0.3 is 10.1 Å². The van der Waals surface area contributed by atoms with Crippen molar-refractivity contribution in [3.63, 3.8) is 0 Å². The van der Waals surface area contributed by atoms with E-state index in [1.54, 1.807) is 7.11 Å². The van der Waals surface area contributed by atoms with Crippen LogP contribution in [-0.2, 0) is 11.2 Å². The molecule has 0 fully saturated rings. The molecule has 90 valence electrons. The van der Waals surface area contributed by atoms with Crippen LogP contribution in [0.25, 0.3) is 0 Å². The Bertz CT molecular complexity index is 277. The normalized spacial score (nSPS) is 14.7. The van der Waals surface area contributed by atoms with Crippen LogP contribution < -0.4 is 5.32 Å². The highest BCUT2D eigenvalue weighted by atomic mass is 16.5. The van der Waals surface area contributed by atoms with Crippen LogP contribution >= 0.6 is 0 Å². The number of ether oxygens (including phenoxy) is 1. The molecule has 0 aliphatic rings. The average molecular weight is 222 g/mol. The number of hydrogen-bond donors (Lipinski definition) is 1. The van der Waals surface area contributed by atoms with Gasteiger partial charge in [0.05, 0.1) is 6.10 Å². The molecule has 1 aromatic rings. The molecule has 1 heterocycles. The van der Waals surface area contributed by atoms with Gasteiger partial charge in [-0.15, -0.1) is 0 Å². The highest BCUT2D eigenvalue weighted by Gasteiger charge is 2.12. The molecule has 0 aliphatic carbocycles. The summed E-state index contributed by atoms with van der Waals surface area (Å²) in [7, 11) is 1.76. The van der Waals surface area contributed by atoms with E-state index in [1.165, 1.54) is 5.56 Å². The van der Waals surface area contributed by atoms with Crippen LogP contribution in [0.4, 0.5) is 0 Å². The molecule has 3 heteroatoms. The Labute approximate surface area is 98.2 Å². The molecular formula is C13H22N2O. The number of pyridine rings is 1. The summed E-state index contributed by atoms with van der Waals surface area (Å²) in [6, 6.07) is 4.57. The highest BCUT2D eigenvalue weighted by molar-refractivity contribution is 5.10. The van der Waals surface area contributed by atoms with Gasteiger partial charge in [0, 0.05) is 25.5 Å². The van der Waals surface area contributed by atoms with Crippen molar-refractivity contribution >= 4 is 0 Å². The maximum absolute atomic E-state index is 5.31. The lowest BCUT2D eigenvalue weighted by atomic mass is 10.0. The predicted octanol–water partition coefficient (Wildman–Crippen LogP) is 2.03. The van der Waals surface area contributed by atoms with E-state index in [4.69, 9.17) is 4.74 Å². The number of aromatic nitrogens is 1. The second-order valence-corrected chi connectivity index (χ2v) is 4.10. The minimum Gasteiger partial charge on any atom is -0.382 e. The van der Waals surface area contributed by atoms with E-state index in [1.807, 2.05) is 18.5 Å². The SMILES string of the molecule is CCNC(Cc1cccnc1)CC(C)OC. The van der Waals surface area contributed by atoms with Gasteiger partial charge in [0.1, 0.15) is 0 Å². The zero-order chi connectivity index (χ0) is 11.8. The van der Waals surface area contributed by atoms with Gasteiger partial charge in [-0.05, 0) is 37.9 Å². The van der Waals surface area contributed by atoms with Gasteiger partial charge in [0.15, 0.2) is 0 Å². The van der Waals surface area contributed by atoms with E-state index in [2.05, 4.69) is 30.2 Å². The first-order chi connectivity index (χ1) is 7.76. The second kappa shape index (κ2) is 7.36. The molecule has 16 heavy (non-hydrogen) atoms. The smallest absolute Gasteiger partial charge is 0.0558 e. The van der Waals surface area contributed by atoms with Crippen LogP contribution in [0.5, 0.6) is 0 Å². The Kier molecular flexibility index (Phi) is 6.04. The molecule has 0 aromatic carbocycles. The fraction of sp³-hybridized carbons (Fsp3) is 0.615. The first-order valence-electron chi connectivity index (χ1n) is 5.91. The van der Waals surface area contributed by atoms with Crippen molar-refractivity contribution in [1.29, 1.82) is 0 Å². The number of methoxy groups -OCH3 is 1. The monoisotopic (exact) mass is 222 g/mol. The Balaban J connectivity index is 2.50. The first-order valence-corrected chi connectivity index (χ1v) is 5.91. The quantitative estimate of drug-likeness (QED) is 0.766. The standard InChI is InChI=1S/C13H22N2O/c1-4-15-13(8-11(2)16-3)9-12-6-5-7-14-10-12/h5-7,10-11,13,15H,4,8-9H2,1-3H3. The Hall–Kier alpha value is -0.930. The number of nitrogens with zero attached hydrogens (tertiary/aromatic N) is 1. The van der Waals surface area contributed by atoms with Crippen molar-refractivity contribution in [3.8, 4) is 0 Å². The summed E-state index contributed by atoms with van der Waals surface area (Å²) < 4.78 is 5.31. The molecule has 0 saturated heterocycles. The number of rotatable bonds is 7. The van der Waals surface area contributed by atoms with Gasteiger partial charge in [-0.3, -0.25) is 4.98 Å². The first kappa shape index (κ1) is 13.1. The van der Waals surface area contributed by atoms with Gasteiger partial charge >= 0.3 is 0 Å². The van der Waals surface area contributed by atoms with E-state index in [0.29, 0.717) is 12.1 Å². The van der Waals surface area contributed by atoms with Crippen molar-refractivity contribution in [1.82, 2.24) is 10.3 Å². The lowest BCUT2D eigenvalue weighted by Crippen LogP contribution is -2.34. The van der Waals surface area contributed by atoms with E-state index in [0.717, 1.165) is 19.4 Å². The third-order valence-corrected chi connectivity index (χ3v) is 2.72. The fourth-order valence-corrected chi connectivity index (χ4v) is 1.83. The average Bonchev–Trinajstić information content (AvgIpc) is 2.30. The van der Waals surface area contributed by atoms with E-state index in [9.17, 15) is 0 Å². The van der Waals surface area contributed by atoms with Crippen molar-refractivity contribution in [3.05, 3.63) is 30.1 Å². The maximum Gasteiger partial charge on any atom is 0.0558 e. The van der Waals surface area contributed by atoms with Crippen molar-refractivity contribution in [2.75, 3.05) is 13.7 Å². The van der Waals surface area contributed by atoms with E-state index >= 15 is 0 Å². The summed E-state index contributed by atoms with van der Waals surface area (Å²) in [6.45, 7) is 5.22. The van der Waals surface area contributed by atoms with Crippen LogP contribution in [0.15, 0.2) is 24.5 Å². The lowest BCUT2D eigenvalue weighted by Gasteiger charge is -2.21. The number of hydrogen-bond acceptors (Lipinski definition) is 3. The second-order valence-electron chi connectivity index (χ2n) is 4.10. The number of nitrogens with one attached hydrogen (secondary N) is 1. The molecule has 1 N–H and O–H groups in total. The van der Waals surface area contributed by atoms with Crippen LogP contribution in [0, 0.1) is 0 Å². The maximum atomic E-state index is 5.31. The van der Waals surface area contributed by atoms with Gasteiger partial charge in [-0.1, -0.05) is 13.0 Å². The molecule has 1 rings (SSSR count). The number of likely N-dealkylation sites (N-methyl/N-ethyl adjacent to an activating group) is 1. The molecule has 1 aromatic heterocycles. The Morgan fingerprint density at radius 3 is 2.88 bits per heavy atom. The molecule has 3 nitrogen and oxygen atoms in total. The highest BCUT2D eigenvalue weighted by Crippen LogP contribution is 2.08. The predicted molar refractivity (Wildman–Crippen MR) is 66.5 cm³/mol. The summed E-state index contributed by atoms with van der Waals surface area (Å²) in [5.41, 5.74) is 1.27. The summed E-state index contributed by atoms with van der Waals surface area (Å²) in [4.78, 5) is 4.14. The molecule has 0 aliphatic heterocycles. The third kappa shape index (κ3) is 4.73. The van der Waals surface area contributed by atoms with E-state index < -0.39 is 0 Å². The van der Waals surface area contributed by atoms with Crippen LogP contribution in [0.1, 0.15) is 25.8 Å². The minimum absolute atomic E-state index is 0.292. The molecule has 0 amide bonds. The topological polar surface area (TPSA) is 34.2 Å². The van der Waals surface area contributed by atoms with E-state index in [-0.39, 0.29) is 0 Å². The molecule has 0 bridgehead atoms. The summed E-state index contributed by atoms with van der Waals surface area (Å²) in [5, 5.41) is 3.49.